The minimum Gasteiger partial charge on any atom is -0.487 e. The highest BCUT2D eigenvalue weighted by atomic mass is 32.1. The van der Waals surface area contributed by atoms with Crippen LogP contribution in [0.25, 0.3) is 0 Å². The van der Waals surface area contributed by atoms with Crippen LogP contribution in [-0.2, 0) is 11.3 Å². The molecule has 2 aromatic rings. The summed E-state index contributed by atoms with van der Waals surface area (Å²) in [7, 11) is 1.64. The summed E-state index contributed by atoms with van der Waals surface area (Å²) < 4.78 is 7.30. The quantitative estimate of drug-likeness (QED) is 0.767. The summed E-state index contributed by atoms with van der Waals surface area (Å²) in [6.07, 6.45) is 8.60. The van der Waals surface area contributed by atoms with Crippen molar-refractivity contribution in [1.29, 1.82) is 0 Å². The van der Waals surface area contributed by atoms with Crippen molar-refractivity contribution in [3.63, 3.8) is 0 Å². The van der Waals surface area contributed by atoms with Gasteiger partial charge in [0.2, 0.25) is 0 Å². The first-order chi connectivity index (χ1) is 10.7. The number of amides is 1. The SMILES string of the molecule is C=CC(=O)N(Cc1ccsc1OC)c1cnn(C2CCC2)c1. The number of thiophene rings is 1. The van der Waals surface area contributed by atoms with Crippen LogP contribution >= 0.6 is 11.3 Å². The number of ether oxygens (including phenoxy) is 1. The Hall–Kier alpha value is -2.08. The van der Waals surface area contributed by atoms with Gasteiger partial charge in [-0.1, -0.05) is 6.58 Å². The summed E-state index contributed by atoms with van der Waals surface area (Å²) in [6.45, 7) is 4.05. The first kappa shape index (κ1) is 14.8. The molecule has 0 unspecified atom stereocenters. The third-order valence-corrected chi connectivity index (χ3v) is 4.92. The Morgan fingerprint density at radius 2 is 2.45 bits per heavy atom. The molecular formula is C16H19N3O2S. The van der Waals surface area contributed by atoms with Gasteiger partial charge in [-0.05, 0) is 36.8 Å². The van der Waals surface area contributed by atoms with E-state index in [4.69, 9.17) is 4.74 Å². The van der Waals surface area contributed by atoms with Crippen LogP contribution in [0.3, 0.4) is 0 Å². The van der Waals surface area contributed by atoms with Gasteiger partial charge >= 0.3 is 0 Å². The molecule has 116 valence electrons. The minimum absolute atomic E-state index is 0.138. The van der Waals surface area contributed by atoms with Crippen molar-refractivity contribution in [2.45, 2.75) is 31.8 Å². The van der Waals surface area contributed by atoms with Crippen LogP contribution in [-0.4, -0.2) is 22.8 Å². The largest absolute Gasteiger partial charge is 0.487 e. The number of hydrogen-bond donors (Lipinski definition) is 0. The summed E-state index contributed by atoms with van der Waals surface area (Å²) in [6, 6.07) is 2.45. The van der Waals surface area contributed by atoms with E-state index in [1.165, 1.54) is 23.8 Å². The maximum Gasteiger partial charge on any atom is 0.250 e. The third kappa shape index (κ3) is 2.78. The number of rotatable bonds is 6. The molecule has 0 saturated heterocycles. The number of anilines is 1. The van der Waals surface area contributed by atoms with E-state index >= 15 is 0 Å². The molecule has 0 N–H and O–H groups in total. The Balaban J connectivity index is 1.84. The smallest absolute Gasteiger partial charge is 0.250 e. The predicted molar refractivity (Wildman–Crippen MR) is 87.4 cm³/mol. The van der Waals surface area contributed by atoms with E-state index in [0.29, 0.717) is 12.6 Å². The highest BCUT2D eigenvalue weighted by Crippen LogP contribution is 2.33. The molecule has 1 amide bonds. The molecule has 0 aromatic carbocycles. The number of aromatic nitrogens is 2. The number of methoxy groups -OCH3 is 1. The van der Waals surface area contributed by atoms with Gasteiger partial charge < -0.3 is 9.64 Å². The van der Waals surface area contributed by atoms with Crippen molar-refractivity contribution >= 4 is 22.9 Å². The Morgan fingerprint density at radius 3 is 3.09 bits per heavy atom. The van der Waals surface area contributed by atoms with Gasteiger partial charge in [-0.15, -0.1) is 11.3 Å². The van der Waals surface area contributed by atoms with Crippen molar-refractivity contribution in [3.8, 4) is 5.06 Å². The zero-order valence-corrected chi connectivity index (χ0v) is 13.4. The van der Waals surface area contributed by atoms with Crippen molar-refractivity contribution in [1.82, 2.24) is 9.78 Å². The van der Waals surface area contributed by atoms with Crippen LogP contribution in [0.5, 0.6) is 5.06 Å². The first-order valence-electron chi connectivity index (χ1n) is 7.31. The van der Waals surface area contributed by atoms with E-state index in [1.807, 2.05) is 22.3 Å². The first-order valence-corrected chi connectivity index (χ1v) is 8.19. The molecular weight excluding hydrogens is 298 g/mol. The van der Waals surface area contributed by atoms with Gasteiger partial charge in [-0.2, -0.15) is 5.10 Å². The van der Waals surface area contributed by atoms with Crippen molar-refractivity contribution in [2.75, 3.05) is 12.0 Å². The van der Waals surface area contributed by atoms with E-state index in [1.54, 1.807) is 18.2 Å². The second-order valence-electron chi connectivity index (χ2n) is 5.33. The summed E-state index contributed by atoms with van der Waals surface area (Å²) >= 11 is 1.52. The van der Waals surface area contributed by atoms with Crippen molar-refractivity contribution in [3.05, 3.63) is 42.1 Å². The Morgan fingerprint density at radius 1 is 1.64 bits per heavy atom. The highest BCUT2D eigenvalue weighted by molar-refractivity contribution is 7.12. The maximum atomic E-state index is 12.2. The van der Waals surface area contributed by atoms with E-state index < -0.39 is 0 Å². The van der Waals surface area contributed by atoms with Crippen LogP contribution in [0.15, 0.2) is 36.5 Å². The number of nitrogens with zero attached hydrogens (tertiary/aromatic N) is 3. The molecule has 1 aliphatic rings. The van der Waals surface area contributed by atoms with Gasteiger partial charge in [0.15, 0.2) is 5.06 Å². The van der Waals surface area contributed by atoms with E-state index in [9.17, 15) is 4.79 Å². The van der Waals surface area contributed by atoms with Crippen LogP contribution < -0.4 is 9.64 Å². The fraction of sp³-hybridized carbons (Fsp3) is 0.375. The molecule has 0 bridgehead atoms. The lowest BCUT2D eigenvalue weighted by Gasteiger charge is -2.25. The summed E-state index contributed by atoms with van der Waals surface area (Å²) in [4.78, 5) is 13.9. The molecule has 2 heterocycles. The fourth-order valence-corrected chi connectivity index (χ4v) is 3.25. The Kier molecular flexibility index (Phi) is 4.29. The number of carbonyl (C=O) groups excluding carboxylic acids is 1. The second kappa shape index (κ2) is 6.36. The van der Waals surface area contributed by atoms with Gasteiger partial charge in [-0.3, -0.25) is 9.48 Å². The fourth-order valence-electron chi connectivity index (χ4n) is 2.51. The predicted octanol–water partition coefficient (Wildman–Crippen LogP) is 3.40. The number of carbonyl (C=O) groups is 1. The highest BCUT2D eigenvalue weighted by Gasteiger charge is 2.23. The molecule has 22 heavy (non-hydrogen) atoms. The standard InChI is InChI=1S/C16H19N3O2S/c1-3-15(20)18(10-12-7-8-22-16(12)21-2)14-9-17-19(11-14)13-5-4-6-13/h3,7-9,11,13H,1,4-6,10H2,2H3. The van der Waals surface area contributed by atoms with Crippen LogP contribution in [0, 0.1) is 0 Å². The van der Waals surface area contributed by atoms with Gasteiger partial charge in [0.25, 0.3) is 5.91 Å². The number of hydrogen-bond acceptors (Lipinski definition) is 4. The van der Waals surface area contributed by atoms with Crippen molar-refractivity contribution in [2.24, 2.45) is 0 Å². The zero-order chi connectivity index (χ0) is 15.5. The molecule has 0 aliphatic heterocycles. The molecule has 5 nitrogen and oxygen atoms in total. The lowest BCUT2D eigenvalue weighted by Crippen LogP contribution is -2.28. The van der Waals surface area contributed by atoms with E-state index in [2.05, 4.69) is 11.7 Å². The van der Waals surface area contributed by atoms with Crippen molar-refractivity contribution < 1.29 is 9.53 Å². The van der Waals surface area contributed by atoms with Gasteiger partial charge in [-0.25, -0.2) is 0 Å². The monoisotopic (exact) mass is 317 g/mol. The molecule has 1 aliphatic carbocycles. The molecule has 0 atom stereocenters. The lowest BCUT2D eigenvalue weighted by molar-refractivity contribution is -0.114. The van der Waals surface area contributed by atoms with Crippen LogP contribution in [0.1, 0.15) is 30.9 Å². The van der Waals surface area contributed by atoms with E-state index in [-0.39, 0.29) is 5.91 Å². The maximum absolute atomic E-state index is 12.2. The average Bonchev–Trinajstić information content (AvgIpc) is 3.11. The molecule has 2 aromatic heterocycles. The third-order valence-electron chi connectivity index (χ3n) is 4.01. The Labute approximate surface area is 133 Å². The topological polar surface area (TPSA) is 47.4 Å². The summed E-state index contributed by atoms with van der Waals surface area (Å²) in [5.41, 5.74) is 1.78. The zero-order valence-electron chi connectivity index (χ0n) is 12.6. The van der Waals surface area contributed by atoms with Crippen LogP contribution in [0.2, 0.25) is 0 Å². The average molecular weight is 317 g/mol. The molecule has 0 spiro atoms. The van der Waals surface area contributed by atoms with Gasteiger partial charge in [0.05, 0.1) is 31.6 Å². The molecule has 6 heteroatoms. The van der Waals surface area contributed by atoms with E-state index in [0.717, 1.165) is 29.2 Å². The molecule has 1 fully saturated rings. The molecule has 0 radical (unpaired) electrons. The van der Waals surface area contributed by atoms with Gasteiger partial charge in [0.1, 0.15) is 0 Å². The Bertz CT molecular complexity index is 672. The molecule has 3 rings (SSSR count). The summed E-state index contributed by atoms with van der Waals surface area (Å²) in [5, 5.41) is 7.20. The minimum atomic E-state index is -0.138. The van der Waals surface area contributed by atoms with Gasteiger partial charge in [0, 0.05) is 11.8 Å². The van der Waals surface area contributed by atoms with Crippen LogP contribution in [0.4, 0.5) is 5.69 Å². The second-order valence-corrected chi connectivity index (χ2v) is 6.21. The summed E-state index contributed by atoms with van der Waals surface area (Å²) in [5.74, 6) is -0.138. The normalized spacial score (nSPS) is 14.4. The lowest BCUT2D eigenvalue weighted by atomic mass is 9.93. The molecule has 1 saturated carbocycles.